The average Bonchev–Trinajstić information content (AvgIpc) is 2.99. The van der Waals surface area contributed by atoms with Crippen LogP contribution < -0.4 is 4.74 Å². The molecule has 0 saturated carbocycles. The van der Waals surface area contributed by atoms with Gasteiger partial charge in [0.1, 0.15) is 17.4 Å². The molecule has 3 aromatic rings. The summed E-state index contributed by atoms with van der Waals surface area (Å²) in [6.07, 6.45) is 2.56. The van der Waals surface area contributed by atoms with Gasteiger partial charge in [0.05, 0.1) is 24.6 Å². The van der Waals surface area contributed by atoms with Gasteiger partial charge in [-0.2, -0.15) is 0 Å². The minimum Gasteiger partial charge on any atom is -0.496 e. The van der Waals surface area contributed by atoms with E-state index in [1.54, 1.807) is 4.90 Å². The predicted molar refractivity (Wildman–Crippen MR) is 100 cm³/mol. The molecule has 0 saturated heterocycles. The van der Waals surface area contributed by atoms with Crippen molar-refractivity contribution in [3.05, 3.63) is 71.9 Å². The monoisotopic (exact) mass is 365 g/mol. The molecule has 0 N–H and O–H groups in total. The first-order valence-electron chi connectivity index (χ1n) is 8.90. The number of hydrogen-bond acceptors (Lipinski definition) is 3. The third kappa shape index (κ3) is 3.30. The van der Waals surface area contributed by atoms with E-state index in [-0.39, 0.29) is 11.7 Å². The van der Waals surface area contributed by atoms with E-state index in [1.807, 2.05) is 24.4 Å². The predicted octanol–water partition coefficient (Wildman–Crippen LogP) is 3.40. The number of imidazole rings is 1. The summed E-state index contributed by atoms with van der Waals surface area (Å²) in [5, 5.41) is 0. The van der Waals surface area contributed by atoms with Crippen molar-refractivity contribution in [2.75, 3.05) is 20.2 Å². The lowest BCUT2D eigenvalue weighted by molar-refractivity contribution is 0.0755. The molecule has 0 bridgehead atoms. The normalized spacial score (nSPS) is 13.8. The number of hydrogen-bond donors (Lipinski definition) is 0. The van der Waals surface area contributed by atoms with Gasteiger partial charge in [-0.15, -0.1) is 0 Å². The molecule has 2 aromatic carbocycles. The number of fused-ring (bicyclic) bond motifs is 1. The van der Waals surface area contributed by atoms with Crippen LogP contribution in [0.2, 0.25) is 0 Å². The molecular weight excluding hydrogens is 345 g/mol. The molecule has 0 atom stereocenters. The zero-order chi connectivity index (χ0) is 18.8. The summed E-state index contributed by atoms with van der Waals surface area (Å²) in [4.78, 5) is 19.3. The van der Waals surface area contributed by atoms with Crippen LogP contribution in [0.3, 0.4) is 0 Å². The number of carbonyl (C=O) groups excluding carboxylic acids is 1. The van der Waals surface area contributed by atoms with Crippen molar-refractivity contribution in [3.8, 4) is 17.0 Å². The van der Waals surface area contributed by atoms with Gasteiger partial charge in [0.2, 0.25) is 0 Å². The number of ether oxygens (including phenoxy) is 1. The lowest BCUT2D eigenvalue weighted by atomic mass is 10.1. The first kappa shape index (κ1) is 17.3. The van der Waals surface area contributed by atoms with Crippen molar-refractivity contribution in [2.45, 2.75) is 13.0 Å². The van der Waals surface area contributed by atoms with Gasteiger partial charge in [-0.25, -0.2) is 9.37 Å². The molecule has 0 aliphatic carbocycles. The van der Waals surface area contributed by atoms with Crippen LogP contribution in [-0.4, -0.2) is 40.6 Å². The van der Waals surface area contributed by atoms with Gasteiger partial charge in [-0.3, -0.25) is 4.79 Å². The van der Waals surface area contributed by atoms with Crippen molar-refractivity contribution < 1.29 is 13.9 Å². The highest BCUT2D eigenvalue weighted by atomic mass is 19.1. The number of halogens is 1. The molecule has 4 rings (SSSR count). The number of benzene rings is 2. The molecule has 138 valence electrons. The third-order valence-corrected chi connectivity index (χ3v) is 4.89. The van der Waals surface area contributed by atoms with Gasteiger partial charge >= 0.3 is 0 Å². The summed E-state index contributed by atoms with van der Waals surface area (Å²) in [7, 11) is 1.44. The van der Waals surface area contributed by atoms with E-state index in [2.05, 4.69) is 21.7 Å². The first-order valence-corrected chi connectivity index (χ1v) is 8.90. The molecule has 0 radical (unpaired) electrons. The highest BCUT2D eigenvalue weighted by Crippen LogP contribution is 2.25. The summed E-state index contributed by atoms with van der Waals surface area (Å²) in [5.74, 6) is 0.646. The Hall–Kier alpha value is -3.15. The summed E-state index contributed by atoms with van der Waals surface area (Å²) >= 11 is 0. The van der Waals surface area contributed by atoms with Crippen LogP contribution in [0, 0.1) is 5.82 Å². The maximum Gasteiger partial charge on any atom is 0.257 e. The van der Waals surface area contributed by atoms with Crippen LogP contribution in [0.5, 0.6) is 5.75 Å². The van der Waals surface area contributed by atoms with Crippen molar-refractivity contribution in [1.29, 1.82) is 0 Å². The highest BCUT2D eigenvalue weighted by molar-refractivity contribution is 5.97. The van der Waals surface area contributed by atoms with Gasteiger partial charge in [0.15, 0.2) is 0 Å². The van der Waals surface area contributed by atoms with Crippen LogP contribution in [-0.2, 0) is 13.0 Å². The van der Waals surface area contributed by atoms with E-state index in [0.717, 1.165) is 17.1 Å². The van der Waals surface area contributed by atoms with Crippen molar-refractivity contribution >= 4 is 5.91 Å². The zero-order valence-electron chi connectivity index (χ0n) is 15.1. The Morgan fingerprint density at radius 1 is 1.11 bits per heavy atom. The number of nitrogens with zero attached hydrogens (tertiary/aromatic N) is 3. The Labute approximate surface area is 157 Å². The molecule has 27 heavy (non-hydrogen) atoms. The average molecular weight is 365 g/mol. The van der Waals surface area contributed by atoms with Crippen LogP contribution in [0.15, 0.2) is 54.7 Å². The van der Waals surface area contributed by atoms with Gasteiger partial charge in [-0.1, -0.05) is 30.3 Å². The van der Waals surface area contributed by atoms with Gasteiger partial charge in [0, 0.05) is 32.1 Å². The Balaban J connectivity index is 1.57. The van der Waals surface area contributed by atoms with E-state index >= 15 is 0 Å². The SMILES string of the molecule is COc1cc(F)ccc1C(=O)N1CCc2ncc(-c3ccccc3)n2CC1. The summed E-state index contributed by atoms with van der Waals surface area (Å²) < 4.78 is 20.8. The maximum atomic E-state index is 13.4. The van der Waals surface area contributed by atoms with Gasteiger partial charge in [0.25, 0.3) is 5.91 Å². The standard InChI is InChI=1S/C21H20FN3O2/c1-27-19-13-16(22)7-8-17(19)21(26)24-10-9-20-23-14-18(25(20)12-11-24)15-5-3-2-4-6-15/h2-8,13-14H,9-12H2,1H3. The molecule has 5 nitrogen and oxygen atoms in total. The molecule has 1 amide bonds. The van der Waals surface area contributed by atoms with Crippen molar-refractivity contribution in [3.63, 3.8) is 0 Å². The highest BCUT2D eigenvalue weighted by Gasteiger charge is 2.24. The topological polar surface area (TPSA) is 47.4 Å². The molecule has 2 heterocycles. The van der Waals surface area contributed by atoms with Crippen molar-refractivity contribution in [2.24, 2.45) is 0 Å². The van der Waals surface area contributed by atoms with E-state index in [4.69, 9.17) is 4.74 Å². The molecule has 0 unspecified atom stereocenters. The first-order chi connectivity index (χ1) is 13.2. The second kappa shape index (κ2) is 7.23. The Morgan fingerprint density at radius 3 is 2.70 bits per heavy atom. The lowest BCUT2D eigenvalue weighted by Crippen LogP contribution is -2.34. The Morgan fingerprint density at radius 2 is 1.93 bits per heavy atom. The fourth-order valence-corrected chi connectivity index (χ4v) is 3.49. The fourth-order valence-electron chi connectivity index (χ4n) is 3.49. The molecule has 0 fully saturated rings. The summed E-state index contributed by atoms with van der Waals surface area (Å²) in [5.41, 5.74) is 2.54. The maximum absolute atomic E-state index is 13.4. The number of rotatable bonds is 3. The summed E-state index contributed by atoms with van der Waals surface area (Å²) in [6, 6.07) is 14.1. The van der Waals surface area contributed by atoms with E-state index in [9.17, 15) is 9.18 Å². The molecule has 0 spiro atoms. The Bertz CT molecular complexity index is 969. The number of carbonyl (C=O) groups is 1. The smallest absolute Gasteiger partial charge is 0.257 e. The third-order valence-electron chi connectivity index (χ3n) is 4.89. The van der Waals surface area contributed by atoms with Crippen LogP contribution in [0.1, 0.15) is 16.2 Å². The van der Waals surface area contributed by atoms with Gasteiger partial charge < -0.3 is 14.2 Å². The number of amides is 1. The van der Waals surface area contributed by atoms with Crippen LogP contribution >= 0.6 is 0 Å². The minimum atomic E-state index is -0.424. The van der Waals surface area contributed by atoms with E-state index in [0.29, 0.717) is 31.6 Å². The second-order valence-corrected chi connectivity index (χ2v) is 6.46. The molecule has 6 heteroatoms. The zero-order valence-corrected chi connectivity index (χ0v) is 15.1. The fraction of sp³-hybridized carbons (Fsp3) is 0.238. The van der Waals surface area contributed by atoms with E-state index in [1.165, 1.54) is 25.3 Å². The van der Waals surface area contributed by atoms with Crippen molar-refractivity contribution in [1.82, 2.24) is 14.5 Å². The molecule has 1 aliphatic heterocycles. The molecular formula is C21H20FN3O2. The van der Waals surface area contributed by atoms with Crippen LogP contribution in [0.25, 0.3) is 11.3 Å². The lowest BCUT2D eigenvalue weighted by Gasteiger charge is -2.21. The largest absolute Gasteiger partial charge is 0.496 e. The molecule has 1 aromatic heterocycles. The van der Waals surface area contributed by atoms with E-state index < -0.39 is 5.82 Å². The Kier molecular flexibility index (Phi) is 4.62. The minimum absolute atomic E-state index is 0.154. The number of aromatic nitrogens is 2. The summed E-state index contributed by atoms with van der Waals surface area (Å²) in [6.45, 7) is 1.78. The van der Waals surface area contributed by atoms with Crippen LogP contribution in [0.4, 0.5) is 4.39 Å². The number of methoxy groups -OCH3 is 1. The van der Waals surface area contributed by atoms with Gasteiger partial charge in [-0.05, 0) is 17.7 Å². The molecule has 1 aliphatic rings. The quantitative estimate of drug-likeness (QED) is 0.715. The second-order valence-electron chi connectivity index (χ2n) is 6.46.